The molecular weight excluding hydrogens is 282 g/mol. The van der Waals surface area contributed by atoms with Crippen LogP contribution in [0.5, 0.6) is 0 Å². The van der Waals surface area contributed by atoms with Gasteiger partial charge in [0, 0.05) is 6.04 Å². The number of carboxylic acids is 1. The third kappa shape index (κ3) is 2.16. The van der Waals surface area contributed by atoms with Crippen LogP contribution >= 0.6 is 0 Å². The number of amides is 1. The highest BCUT2D eigenvalue weighted by atomic mass is 16.5. The van der Waals surface area contributed by atoms with E-state index in [4.69, 9.17) is 4.74 Å². The minimum Gasteiger partial charge on any atom is -0.481 e. The molecule has 2 aliphatic carbocycles. The predicted octanol–water partition coefficient (Wildman–Crippen LogP) is 1.81. The summed E-state index contributed by atoms with van der Waals surface area (Å²) in [4.78, 5) is 24.2. The number of aliphatic carboxylic acids is 1. The Hall–Kier alpha value is -1.10. The Kier molecular flexibility index (Phi) is 3.44. The molecule has 122 valence electrons. The van der Waals surface area contributed by atoms with Gasteiger partial charge < -0.3 is 15.2 Å². The Morgan fingerprint density at radius 3 is 2.41 bits per heavy atom. The molecule has 5 nitrogen and oxygen atoms in total. The summed E-state index contributed by atoms with van der Waals surface area (Å²) >= 11 is 0. The van der Waals surface area contributed by atoms with Crippen molar-refractivity contribution in [3.63, 3.8) is 0 Å². The van der Waals surface area contributed by atoms with Crippen molar-refractivity contribution in [2.24, 2.45) is 29.6 Å². The summed E-state index contributed by atoms with van der Waals surface area (Å²) in [6.07, 6.45) is 6.31. The van der Waals surface area contributed by atoms with Gasteiger partial charge in [-0.3, -0.25) is 9.59 Å². The third-order valence-electron chi connectivity index (χ3n) is 6.67. The molecule has 2 aliphatic heterocycles. The molecule has 8 atom stereocenters. The summed E-state index contributed by atoms with van der Waals surface area (Å²) in [6, 6.07) is 0.149. The Labute approximate surface area is 130 Å². The van der Waals surface area contributed by atoms with Crippen molar-refractivity contribution in [2.45, 2.75) is 63.7 Å². The van der Waals surface area contributed by atoms with Gasteiger partial charge in [-0.25, -0.2) is 0 Å². The molecular formula is C17H25NO4. The molecule has 2 heterocycles. The van der Waals surface area contributed by atoms with Crippen molar-refractivity contribution in [1.29, 1.82) is 0 Å². The highest BCUT2D eigenvalue weighted by molar-refractivity contribution is 5.86. The second-order valence-electron chi connectivity index (χ2n) is 7.82. The van der Waals surface area contributed by atoms with Gasteiger partial charge >= 0.3 is 5.97 Å². The molecule has 4 fully saturated rings. The first-order valence-electron chi connectivity index (χ1n) is 8.73. The molecule has 2 N–H and O–H groups in total. The fourth-order valence-corrected chi connectivity index (χ4v) is 5.66. The lowest BCUT2D eigenvalue weighted by molar-refractivity contribution is -0.148. The number of hydrogen-bond acceptors (Lipinski definition) is 3. The van der Waals surface area contributed by atoms with E-state index < -0.39 is 17.8 Å². The van der Waals surface area contributed by atoms with Crippen molar-refractivity contribution >= 4 is 11.9 Å². The Morgan fingerprint density at radius 2 is 1.82 bits per heavy atom. The molecule has 0 aromatic rings. The standard InChI is InChI=1S/C17H25NO4/c1-8(11-7-9-2-3-10(11)6-9)18-16(19)14-12-4-5-13(22-12)15(14)17(20)21/h8-15H,2-7H2,1H3,(H,18,19)(H,20,21)/t8-,9-,10-,11+,12+,13-,14+,15+/m1/s1. The number of ether oxygens (including phenoxy) is 1. The van der Waals surface area contributed by atoms with Gasteiger partial charge in [-0.15, -0.1) is 0 Å². The predicted molar refractivity (Wildman–Crippen MR) is 79.1 cm³/mol. The average Bonchev–Trinajstić information content (AvgIpc) is 3.24. The van der Waals surface area contributed by atoms with Gasteiger partial charge in [-0.2, -0.15) is 0 Å². The van der Waals surface area contributed by atoms with E-state index in [2.05, 4.69) is 12.2 Å². The molecule has 2 saturated carbocycles. The first kappa shape index (κ1) is 14.5. The monoisotopic (exact) mass is 307 g/mol. The van der Waals surface area contributed by atoms with E-state index in [1.807, 2.05) is 0 Å². The summed E-state index contributed by atoms with van der Waals surface area (Å²) in [5, 5.41) is 12.6. The van der Waals surface area contributed by atoms with Gasteiger partial charge in [0.15, 0.2) is 0 Å². The maximum Gasteiger partial charge on any atom is 0.310 e. The third-order valence-corrected chi connectivity index (χ3v) is 6.67. The van der Waals surface area contributed by atoms with Gasteiger partial charge in [0.1, 0.15) is 0 Å². The number of carbonyl (C=O) groups excluding carboxylic acids is 1. The summed E-state index contributed by atoms with van der Waals surface area (Å²) in [5.41, 5.74) is 0. The summed E-state index contributed by atoms with van der Waals surface area (Å²) in [7, 11) is 0. The molecule has 4 aliphatic rings. The van der Waals surface area contributed by atoms with Gasteiger partial charge in [-0.1, -0.05) is 6.42 Å². The average molecular weight is 307 g/mol. The molecule has 0 aromatic carbocycles. The molecule has 1 amide bonds. The second-order valence-corrected chi connectivity index (χ2v) is 7.82. The molecule has 5 heteroatoms. The fraction of sp³-hybridized carbons (Fsp3) is 0.882. The van der Waals surface area contributed by atoms with Crippen LogP contribution in [-0.4, -0.2) is 35.2 Å². The van der Waals surface area contributed by atoms with E-state index in [1.54, 1.807) is 0 Å². The zero-order valence-corrected chi connectivity index (χ0v) is 13.0. The maximum absolute atomic E-state index is 12.7. The minimum absolute atomic E-state index is 0.102. The van der Waals surface area contributed by atoms with Crippen molar-refractivity contribution in [2.75, 3.05) is 0 Å². The summed E-state index contributed by atoms with van der Waals surface area (Å²) in [5.74, 6) is 0.0300. The maximum atomic E-state index is 12.7. The lowest BCUT2D eigenvalue weighted by Gasteiger charge is -2.31. The van der Waals surface area contributed by atoms with Crippen LogP contribution in [0.4, 0.5) is 0 Å². The number of carbonyl (C=O) groups is 2. The van der Waals surface area contributed by atoms with Crippen LogP contribution < -0.4 is 5.32 Å². The van der Waals surface area contributed by atoms with Crippen molar-refractivity contribution < 1.29 is 19.4 Å². The van der Waals surface area contributed by atoms with Crippen LogP contribution in [0.2, 0.25) is 0 Å². The quantitative estimate of drug-likeness (QED) is 0.830. The van der Waals surface area contributed by atoms with E-state index in [0.29, 0.717) is 5.92 Å². The lowest BCUT2D eigenvalue weighted by Crippen LogP contribution is -2.48. The molecule has 4 rings (SSSR count). The highest BCUT2D eigenvalue weighted by Crippen LogP contribution is 2.50. The Bertz CT molecular complexity index is 493. The van der Waals surface area contributed by atoms with Crippen molar-refractivity contribution in [1.82, 2.24) is 5.32 Å². The topological polar surface area (TPSA) is 75.6 Å². The first-order valence-corrected chi connectivity index (χ1v) is 8.73. The fourth-order valence-electron chi connectivity index (χ4n) is 5.66. The number of fused-ring (bicyclic) bond motifs is 4. The van der Waals surface area contributed by atoms with Gasteiger partial charge in [0.05, 0.1) is 24.0 Å². The van der Waals surface area contributed by atoms with Crippen LogP contribution in [0.15, 0.2) is 0 Å². The molecule has 0 aromatic heterocycles. The minimum atomic E-state index is -0.889. The first-order chi connectivity index (χ1) is 10.5. The van der Waals surface area contributed by atoms with E-state index in [-0.39, 0.29) is 24.2 Å². The number of nitrogens with one attached hydrogen (secondary N) is 1. The van der Waals surface area contributed by atoms with E-state index >= 15 is 0 Å². The normalized spacial score (nSPS) is 46.9. The summed E-state index contributed by atoms with van der Waals surface area (Å²) in [6.45, 7) is 2.09. The van der Waals surface area contributed by atoms with Crippen LogP contribution in [0.25, 0.3) is 0 Å². The van der Waals surface area contributed by atoms with E-state index in [9.17, 15) is 14.7 Å². The number of carboxylic acid groups (broad SMARTS) is 1. The molecule has 4 bridgehead atoms. The van der Waals surface area contributed by atoms with E-state index in [0.717, 1.165) is 24.7 Å². The van der Waals surface area contributed by atoms with Crippen LogP contribution in [0.1, 0.15) is 45.4 Å². The van der Waals surface area contributed by atoms with Crippen LogP contribution in [0, 0.1) is 29.6 Å². The van der Waals surface area contributed by atoms with Gasteiger partial charge in [0.2, 0.25) is 5.91 Å². The SMILES string of the molecule is C[C@@H](NC(=O)[C@@H]1[C@@H](C(=O)O)[C@H]2CC[C@@H]1O2)[C@@H]1C[C@@H]2CC[C@@H]1C2. The van der Waals surface area contributed by atoms with Gasteiger partial charge in [0.25, 0.3) is 0 Å². The van der Waals surface area contributed by atoms with Gasteiger partial charge in [-0.05, 0) is 56.8 Å². The zero-order valence-electron chi connectivity index (χ0n) is 13.0. The number of rotatable bonds is 4. The number of hydrogen-bond donors (Lipinski definition) is 2. The smallest absolute Gasteiger partial charge is 0.310 e. The Balaban J connectivity index is 1.42. The van der Waals surface area contributed by atoms with E-state index in [1.165, 1.54) is 25.7 Å². The largest absolute Gasteiger partial charge is 0.481 e. The molecule has 0 unspecified atom stereocenters. The van der Waals surface area contributed by atoms with Crippen LogP contribution in [0.3, 0.4) is 0 Å². The summed E-state index contributed by atoms with van der Waals surface area (Å²) < 4.78 is 5.69. The van der Waals surface area contributed by atoms with Crippen molar-refractivity contribution in [3.05, 3.63) is 0 Å². The van der Waals surface area contributed by atoms with Crippen LogP contribution in [-0.2, 0) is 14.3 Å². The molecule has 0 spiro atoms. The second kappa shape index (κ2) is 5.22. The Morgan fingerprint density at radius 1 is 1.09 bits per heavy atom. The highest BCUT2D eigenvalue weighted by Gasteiger charge is 2.56. The molecule has 0 radical (unpaired) electrons. The zero-order chi connectivity index (χ0) is 15.4. The van der Waals surface area contributed by atoms with Crippen molar-refractivity contribution in [3.8, 4) is 0 Å². The lowest BCUT2D eigenvalue weighted by atomic mass is 9.78. The molecule has 22 heavy (non-hydrogen) atoms. The molecule has 2 saturated heterocycles.